The van der Waals surface area contributed by atoms with Crippen LogP contribution in [0.15, 0.2) is 23.8 Å². The monoisotopic (exact) mass is 512 g/mol. The van der Waals surface area contributed by atoms with E-state index in [1.807, 2.05) is 13.8 Å². The van der Waals surface area contributed by atoms with Crippen LogP contribution in [0.25, 0.3) is 0 Å². The van der Waals surface area contributed by atoms with E-state index in [0.29, 0.717) is 12.3 Å². The summed E-state index contributed by atoms with van der Waals surface area (Å²) < 4.78 is 14.2. The zero-order valence-electron chi connectivity index (χ0n) is 24.1. The number of methoxy groups -OCH3 is 2. The van der Waals surface area contributed by atoms with E-state index in [1.165, 1.54) is 25.5 Å². The minimum atomic E-state index is -0.669. The summed E-state index contributed by atoms with van der Waals surface area (Å²) in [5.41, 5.74) is 7.32. The van der Waals surface area contributed by atoms with Gasteiger partial charge in [-0.2, -0.15) is 0 Å². The first-order chi connectivity index (χ1) is 16.9. The Morgan fingerprint density at radius 1 is 1.22 bits per heavy atom. The fraction of sp³-hybridized carbons (Fsp3) is 0.714. The number of aliphatic hydroxyl groups excluding tert-OH is 1. The van der Waals surface area contributed by atoms with E-state index < -0.39 is 24.1 Å². The molecular weight excluding hydrogens is 460 g/mol. The average Bonchev–Trinajstić information content (AvgIpc) is 3.62. The number of epoxide rings is 1. The highest BCUT2D eigenvalue weighted by Gasteiger charge is 2.53. The number of alkyl carbamates (subject to hydrolysis) is 1. The second-order valence-corrected chi connectivity index (χ2v) is 8.93. The third-order valence-electron chi connectivity index (χ3n) is 5.55. The zero-order valence-corrected chi connectivity index (χ0v) is 24.1. The predicted molar refractivity (Wildman–Crippen MR) is 147 cm³/mol. The molecule has 210 valence electrons. The number of amides is 2. The second-order valence-electron chi connectivity index (χ2n) is 8.93. The molecule has 1 heterocycles. The first kappa shape index (κ1) is 38.2. The molecule has 4 atom stereocenters. The Balaban J connectivity index is -0.000000503. The van der Waals surface area contributed by atoms with Gasteiger partial charge in [-0.3, -0.25) is 4.79 Å². The minimum Gasteiger partial charge on any atom is -0.453 e. The highest BCUT2D eigenvalue weighted by molar-refractivity contribution is 5.84. The van der Waals surface area contributed by atoms with Gasteiger partial charge in [0, 0.05) is 20.1 Å². The molecule has 2 rings (SSSR count). The van der Waals surface area contributed by atoms with Gasteiger partial charge in [-0.05, 0) is 44.6 Å². The molecule has 36 heavy (non-hydrogen) atoms. The molecule has 0 bridgehead atoms. The molecule has 1 saturated heterocycles. The molecular formula is C28H52N2O6. The van der Waals surface area contributed by atoms with Crippen molar-refractivity contribution < 1.29 is 28.9 Å². The van der Waals surface area contributed by atoms with E-state index in [0.717, 1.165) is 25.0 Å². The van der Waals surface area contributed by atoms with Crippen LogP contribution in [0.4, 0.5) is 4.79 Å². The zero-order chi connectivity index (χ0) is 28.9. The van der Waals surface area contributed by atoms with Crippen molar-refractivity contribution in [3.8, 4) is 12.8 Å². The molecule has 1 spiro atoms. The minimum absolute atomic E-state index is 0.0402. The number of carbonyl (C=O) groups is 2. The molecule has 8 heteroatoms. The number of rotatable bonds is 7. The summed E-state index contributed by atoms with van der Waals surface area (Å²) in [7, 11) is 4.48. The van der Waals surface area contributed by atoms with E-state index in [-0.39, 0.29) is 11.5 Å². The summed E-state index contributed by atoms with van der Waals surface area (Å²) in [6.45, 7) is 16.7. The van der Waals surface area contributed by atoms with Gasteiger partial charge in [0.1, 0.15) is 6.04 Å². The van der Waals surface area contributed by atoms with Crippen molar-refractivity contribution >= 4 is 12.0 Å². The lowest BCUT2D eigenvalue weighted by atomic mass is 9.74. The summed E-state index contributed by atoms with van der Waals surface area (Å²) >= 11 is 0. The second kappa shape index (κ2) is 21.9. The molecule has 1 aliphatic heterocycles. The third-order valence-corrected chi connectivity index (χ3v) is 5.55. The number of ether oxygens (including phenoxy) is 3. The SMILES string of the molecule is C#C.C=C(C(O)CC=C(C)C)C1CCCC[C@]12CO2.CC.COC.COC(=O)N[C@@H](C(N)=O)C(C)C. The van der Waals surface area contributed by atoms with Crippen LogP contribution in [0, 0.1) is 24.7 Å². The van der Waals surface area contributed by atoms with Gasteiger partial charge < -0.3 is 30.4 Å². The molecule has 0 radical (unpaired) electrons. The van der Waals surface area contributed by atoms with Crippen LogP contribution in [0.3, 0.4) is 0 Å². The Morgan fingerprint density at radius 2 is 1.72 bits per heavy atom. The standard InChI is InChI=1S/C15H24O2.C7H14N2O3.C2H6O.C2H6.C2H2/c1-11(2)7-8-14(16)12(3)13-6-4-5-9-15(13)10-17-15;1-4(2)5(6(8)10)9-7(11)12-3;1-3-2;2*1-2/h7,13-14,16H,3-6,8-10H2,1-2H3;4-5H,1-3H3,(H2,8,10)(H,9,11);1-2H3;1-2H3;1-2H/t13?,14?,15-;5-;;;/m01.../s1. The van der Waals surface area contributed by atoms with Crippen molar-refractivity contribution in [3.05, 3.63) is 23.8 Å². The third kappa shape index (κ3) is 15.6. The molecule has 8 nitrogen and oxygen atoms in total. The molecule has 2 unspecified atom stereocenters. The molecule has 2 amide bonds. The summed E-state index contributed by atoms with van der Waals surface area (Å²) in [4.78, 5) is 21.4. The van der Waals surface area contributed by atoms with E-state index in [2.05, 4.69) is 54.1 Å². The largest absolute Gasteiger partial charge is 0.453 e. The number of nitrogens with two attached hydrogens (primary N) is 1. The maximum Gasteiger partial charge on any atom is 0.407 e. The lowest BCUT2D eigenvalue weighted by molar-refractivity contribution is -0.120. The van der Waals surface area contributed by atoms with Crippen molar-refractivity contribution in [3.63, 3.8) is 0 Å². The van der Waals surface area contributed by atoms with E-state index in [4.69, 9.17) is 10.5 Å². The van der Waals surface area contributed by atoms with Gasteiger partial charge in [0.15, 0.2) is 0 Å². The van der Waals surface area contributed by atoms with Gasteiger partial charge in [0.2, 0.25) is 5.91 Å². The molecule has 0 aromatic carbocycles. The highest BCUT2D eigenvalue weighted by atomic mass is 16.6. The van der Waals surface area contributed by atoms with Crippen molar-refractivity contribution in [2.24, 2.45) is 17.6 Å². The van der Waals surface area contributed by atoms with Crippen molar-refractivity contribution in [1.82, 2.24) is 5.32 Å². The van der Waals surface area contributed by atoms with Gasteiger partial charge in [0.05, 0.1) is 25.4 Å². The fourth-order valence-corrected chi connectivity index (χ4v) is 3.65. The Hall–Kier alpha value is -2.34. The van der Waals surface area contributed by atoms with Gasteiger partial charge in [-0.15, -0.1) is 12.8 Å². The maximum absolute atomic E-state index is 10.7. The molecule has 1 aliphatic carbocycles. The van der Waals surface area contributed by atoms with Gasteiger partial charge >= 0.3 is 6.09 Å². The number of aliphatic hydroxyl groups is 1. The Morgan fingerprint density at radius 3 is 2.08 bits per heavy atom. The quantitative estimate of drug-likeness (QED) is 0.260. The van der Waals surface area contributed by atoms with Crippen molar-refractivity contribution in [2.45, 2.75) is 91.4 Å². The summed E-state index contributed by atoms with van der Waals surface area (Å²) in [5.74, 6) is -0.228. The van der Waals surface area contributed by atoms with Crippen LogP contribution >= 0.6 is 0 Å². The van der Waals surface area contributed by atoms with E-state index in [9.17, 15) is 14.7 Å². The Labute approximate surface area is 220 Å². The van der Waals surface area contributed by atoms with E-state index >= 15 is 0 Å². The summed E-state index contributed by atoms with van der Waals surface area (Å²) in [6, 6.07) is -0.669. The maximum atomic E-state index is 10.7. The number of hydrogen-bond donors (Lipinski definition) is 3. The number of carbonyl (C=O) groups excluding carboxylic acids is 2. The summed E-state index contributed by atoms with van der Waals surface area (Å²) in [5, 5.41) is 12.5. The van der Waals surface area contributed by atoms with Crippen LogP contribution in [0.1, 0.15) is 73.6 Å². The predicted octanol–water partition coefficient (Wildman–Crippen LogP) is 4.61. The van der Waals surface area contributed by atoms with Gasteiger partial charge in [0.25, 0.3) is 0 Å². The van der Waals surface area contributed by atoms with Gasteiger partial charge in [-0.1, -0.05) is 58.8 Å². The van der Waals surface area contributed by atoms with Crippen molar-refractivity contribution in [1.29, 1.82) is 0 Å². The number of allylic oxidation sites excluding steroid dienone is 1. The van der Waals surface area contributed by atoms with Crippen LogP contribution in [-0.4, -0.2) is 62.8 Å². The van der Waals surface area contributed by atoms with Crippen LogP contribution in [0.2, 0.25) is 0 Å². The molecule has 2 aliphatic rings. The lowest BCUT2D eigenvalue weighted by Crippen LogP contribution is -2.47. The number of hydrogen-bond acceptors (Lipinski definition) is 6. The molecule has 4 N–H and O–H groups in total. The first-order valence-corrected chi connectivity index (χ1v) is 12.5. The lowest BCUT2D eigenvalue weighted by Gasteiger charge is -2.32. The highest BCUT2D eigenvalue weighted by Crippen LogP contribution is 2.49. The van der Waals surface area contributed by atoms with Crippen molar-refractivity contribution in [2.75, 3.05) is 27.9 Å². The van der Waals surface area contributed by atoms with E-state index in [1.54, 1.807) is 28.1 Å². The Kier molecular flexibility index (Phi) is 23.2. The smallest absolute Gasteiger partial charge is 0.407 e. The first-order valence-electron chi connectivity index (χ1n) is 12.5. The van der Waals surface area contributed by atoms with Crippen LogP contribution in [0.5, 0.6) is 0 Å². The molecule has 0 aromatic rings. The fourth-order valence-electron chi connectivity index (χ4n) is 3.65. The molecule has 0 aromatic heterocycles. The molecule has 2 fully saturated rings. The Bertz CT molecular complexity index is 664. The normalized spacial score (nSPS) is 20.5. The number of terminal acetylenes is 1. The van der Waals surface area contributed by atoms with Crippen LogP contribution in [-0.2, 0) is 19.0 Å². The topological polar surface area (TPSA) is 123 Å². The average molecular weight is 513 g/mol. The van der Waals surface area contributed by atoms with Gasteiger partial charge in [-0.25, -0.2) is 4.79 Å². The number of nitrogens with one attached hydrogen (secondary N) is 1. The van der Waals surface area contributed by atoms with Crippen LogP contribution < -0.4 is 11.1 Å². The molecule has 1 saturated carbocycles. The summed E-state index contributed by atoms with van der Waals surface area (Å²) in [6.07, 6.45) is 14.5. The number of primary amides is 1.